The monoisotopic (exact) mass is 398 g/mol. The smallest absolute Gasteiger partial charge is 0.265 e. The zero-order chi connectivity index (χ0) is 21.2. The number of carbonyl (C=O) groups is 2. The predicted molar refractivity (Wildman–Crippen MR) is 111 cm³/mol. The lowest BCUT2D eigenvalue weighted by Gasteiger charge is -2.30. The van der Waals surface area contributed by atoms with Gasteiger partial charge in [0.2, 0.25) is 5.91 Å². The first kappa shape index (κ1) is 20.5. The summed E-state index contributed by atoms with van der Waals surface area (Å²) in [6.45, 7) is 6.10. The van der Waals surface area contributed by atoms with E-state index in [0.29, 0.717) is 28.6 Å². The van der Waals surface area contributed by atoms with Gasteiger partial charge in [0, 0.05) is 6.07 Å². The molecule has 0 atom stereocenters. The van der Waals surface area contributed by atoms with Gasteiger partial charge < -0.3 is 19.5 Å². The van der Waals surface area contributed by atoms with Crippen molar-refractivity contribution >= 4 is 23.2 Å². The number of methoxy groups -OCH3 is 2. The zero-order valence-corrected chi connectivity index (χ0v) is 17.4. The Balaban J connectivity index is 1.80. The highest BCUT2D eigenvalue weighted by Crippen LogP contribution is 2.36. The lowest BCUT2D eigenvalue weighted by Crippen LogP contribution is -2.43. The van der Waals surface area contributed by atoms with Crippen LogP contribution in [0.25, 0.3) is 0 Å². The Morgan fingerprint density at radius 2 is 1.90 bits per heavy atom. The predicted octanol–water partition coefficient (Wildman–Crippen LogP) is 3.37. The van der Waals surface area contributed by atoms with Crippen LogP contribution in [0.4, 0.5) is 11.4 Å². The van der Waals surface area contributed by atoms with Crippen LogP contribution in [0.3, 0.4) is 0 Å². The van der Waals surface area contributed by atoms with Gasteiger partial charge in [0.1, 0.15) is 23.8 Å². The van der Waals surface area contributed by atoms with E-state index >= 15 is 0 Å². The van der Waals surface area contributed by atoms with E-state index in [9.17, 15) is 9.59 Å². The minimum Gasteiger partial charge on any atom is -0.497 e. The van der Waals surface area contributed by atoms with E-state index in [1.54, 1.807) is 25.3 Å². The molecule has 0 unspecified atom stereocenters. The summed E-state index contributed by atoms with van der Waals surface area (Å²) in [5.41, 5.74) is 2.14. The molecule has 0 spiro atoms. The quantitative estimate of drug-likeness (QED) is 0.836. The van der Waals surface area contributed by atoms with Gasteiger partial charge in [-0.2, -0.15) is 0 Å². The molecule has 2 aromatic carbocycles. The first-order valence-corrected chi connectivity index (χ1v) is 9.32. The Bertz CT molecular complexity index is 933. The number of rotatable bonds is 5. The number of hydrogen-bond acceptors (Lipinski definition) is 5. The summed E-state index contributed by atoms with van der Waals surface area (Å²) >= 11 is 0. The molecule has 2 amide bonds. The Kier molecular flexibility index (Phi) is 5.68. The molecule has 0 bridgehead atoms. The summed E-state index contributed by atoms with van der Waals surface area (Å²) in [6.07, 6.45) is 0. The molecular formula is C22H26N2O5. The number of fused-ring (bicyclic) bond motifs is 1. The van der Waals surface area contributed by atoms with Crippen LogP contribution >= 0.6 is 0 Å². The second-order valence-electron chi connectivity index (χ2n) is 7.82. The first-order chi connectivity index (χ1) is 13.7. The molecule has 0 aliphatic carbocycles. The van der Waals surface area contributed by atoms with E-state index in [0.717, 1.165) is 5.56 Å². The minimum atomic E-state index is -0.338. The summed E-state index contributed by atoms with van der Waals surface area (Å²) in [4.78, 5) is 26.5. The molecule has 1 N–H and O–H groups in total. The molecule has 0 aromatic heterocycles. The molecular weight excluding hydrogens is 372 g/mol. The molecule has 0 fully saturated rings. The number of nitrogens with zero attached hydrogens (tertiary/aromatic N) is 1. The van der Waals surface area contributed by atoms with Crippen molar-refractivity contribution in [3.63, 3.8) is 0 Å². The third kappa shape index (κ3) is 4.45. The van der Waals surface area contributed by atoms with Crippen LogP contribution in [0.15, 0.2) is 36.4 Å². The van der Waals surface area contributed by atoms with Gasteiger partial charge >= 0.3 is 0 Å². The average molecular weight is 398 g/mol. The number of amides is 2. The maximum absolute atomic E-state index is 12.7. The van der Waals surface area contributed by atoms with Gasteiger partial charge in [-0.1, -0.05) is 26.8 Å². The van der Waals surface area contributed by atoms with Crippen molar-refractivity contribution in [1.82, 2.24) is 0 Å². The molecule has 7 heteroatoms. The van der Waals surface area contributed by atoms with Crippen molar-refractivity contribution in [3.05, 3.63) is 42.0 Å². The second-order valence-corrected chi connectivity index (χ2v) is 7.82. The second kappa shape index (κ2) is 8.03. The van der Waals surface area contributed by atoms with E-state index < -0.39 is 0 Å². The number of hydrogen-bond donors (Lipinski definition) is 1. The Hall–Kier alpha value is -3.22. The minimum absolute atomic E-state index is 0.0486. The number of anilines is 2. The molecule has 2 aromatic rings. The van der Waals surface area contributed by atoms with E-state index in [4.69, 9.17) is 14.2 Å². The van der Waals surface area contributed by atoms with E-state index in [1.807, 2.05) is 18.2 Å². The molecule has 3 rings (SSSR count). The maximum atomic E-state index is 12.7. The maximum Gasteiger partial charge on any atom is 0.265 e. The molecule has 0 saturated heterocycles. The molecule has 29 heavy (non-hydrogen) atoms. The summed E-state index contributed by atoms with van der Waals surface area (Å²) in [7, 11) is 3.07. The van der Waals surface area contributed by atoms with Crippen LogP contribution in [0.5, 0.6) is 17.2 Å². The van der Waals surface area contributed by atoms with Crippen molar-refractivity contribution in [2.75, 3.05) is 37.6 Å². The average Bonchev–Trinajstić information content (AvgIpc) is 2.69. The van der Waals surface area contributed by atoms with Gasteiger partial charge in [-0.15, -0.1) is 0 Å². The van der Waals surface area contributed by atoms with E-state index in [-0.39, 0.29) is 30.4 Å². The summed E-state index contributed by atoms with van der Waals surface area (Å²) < 4.78 is 16.1. The third-order valence-electron chi connectivity index (χ3n) is 4.75. The van der Waals surface area contributed by atoms with Crippen LogP contribution in [0, 0.1) is 0 Å². The molecule has 1 aliphatic rings. The van der Waals surface area contributed by atoms with Crippen LogP contribution < -0.4 is 24.4 Å². The van der Waals surface area contributed by atoms with Crippen molar-refractivity contribution < 1.29 is 23.8 Å². The van der Waals surface area contributed by atoms with Crippen LogP contribution in [-0.4, -0.2) is 39.2 Å². The fourth-order valence-electron chi connectivity index (χ4n) is 3.08. The standard InChI is InChI=1S/C22H26N2O5/c1-22(2,3)14-6-9-17-19(10-14)29-13-21(26)24(17)12-20(25)23-16-8-7-15(27-4)11-18(16)28-5/h6-11H,12-13H2,1-5H3,(H,23,25). The highest BCUT2D eigenvalue weighted by Gasteiger charge is 2.29. The summed E-state index contributed by atoms with van der Waals surface area (Å²) in [5, 5.41) is 2.79. The van der Waals surface area contributed by atoms with Gasteiger partial charge in [0.15, 0.2) is 6.61 Å². The Labute approximate surface area is 170 Å². The third-order valence-corrected chi connectivity index (χ3v) is 4.75. The lowest BCUT2D eigenvalue weighted by atomic mass is 9.86. The highest BCUT2D eigenvalue weighted by atomic mass is 16.5. The van der Waals surface area contributed by atoms with Crippen LogP contribution in [-0.2, 0) is 15.0 Å². The molecule has 1 aliphatic heterocycles. The fraction of sp³-hybridized carbons (Fsp3) is 0.364. The number of benzene rings is 2. The highest BCUT2D eigenvalue weighted by molar-refractivity contribution is 6.05. The Morgan fingerprint density at radius 1 is 1.14 bits per heavy atom. The fourth-order valence-corrected chi connectivity index (χ4v) is 3.08. The number of ether oxygens (including phenoxy) is 3. The van der Waals surface area contributed by atoms with Crippen molar-refractivity contribution in [1.29, 1.82) is 0 Å². The molecule has 0 saturated carbocycles. The SMILES string of the molecule is COc1ccc(NC(=O)CN2C(=O)COc3cc(C(C)(C)C)ccc32)c(OC)c1. The van der Waals surface area contributed by atoms with Gasteiger partial charge in [-0.25, -0.2) is 0 Å². The number of nitrogens with one attached hydrogen (secondary N) is 1. The Morgan fingerprint density at radius 3 is 2.55 bits per heavy atom. The lowest BCUT2D eigenvalue weighted by molar-refractivity contribution is -0.123. The number of carbonyl (C=O) groups excluding carboxylic acids is 2. The van der Waals surface area contributed by atoms with Crippen molar-refractivity contribution in [3.8, 4) is 17.2 Å². The van der Waals surface area contributed by atoms with Gasteiger partial charge in [0.25, 0.3) is 5.91 Å². The van der Waals surface area contributed by atoms with Gasteiger partial charge in [0.05, 0.1) is 25.6 Å². The summed E-state index contributed by atoms with van der Waals surface area (Å²) in [6, 6.07) is 10.8. The topological polar surface area (TPSA) is 77.1 Å². The van der Waals surface area contributed by atoms with E-state index in [1.165, 1.54) is 12.0 Å². The van der Waals surface area contributed by atoms with Crippen molar-refractivity contribution in [2.24, 2.45) is 0 Å². The van der Waals surface area contributed by atoms with Gasteiger partial charge in [-0.3, -0.25) is 14.5 Å². The van der Waals surface area contributed by atoms with Crippen LogP contribution in [0.2, 0.25) is 0 Å². The van der Waals surface area contributed by atoms with Crippen LogP contribution in [0.1, 0.15) is 26.3 Å². The summed E-state index contributed by atoms with van der Waals surface area (Å²) in [5.74, 6) is 1.09. The molecule has 0 radical (unpaired) electrons. The van der Waals surface area contributed by atoms with Gasteiger partial charge in [-0.05, 0) is 35.2 Å². The normalized spacial score (nSPS) is 13.4. The molecule has 1 heterocycles. The molecule has 7 nitrogen and oxygen atoms in total. The zero-order valence-electron chi connectivity index (χ0n) is 17.4. The molecule has 154 valence electrons. The van der Waals surface area contributed by atoms with Crippen molar-refractivity contribution in [2.45, 2.75) is 26.2 Å². The largest absolute Gasteiger partial charge is 0.497 e. The first-order valence-electron chi connectivity index (χ1n) is 9.32. The van der Waals surface area contributed by atoms with E-state index in [2.05, 4.69) is 26.1 Å².